The number of carbonyl (C=O) groups excluding carboxylic acids is 1. The average Bonchev–Trinajstić information content (AvgIpc) is 2.79. The minimum Gasteiger partial charge on any atom is -0.339 e. The zero-order chi connectivity index (χ0) is 28.0. The lowest BCUT2D eigenvalue weighted by atomic mass is 9.96. The Hall–Kier alpha value is -2.97. The number of nitrogens with zero attached hydrogens (tertiary/aromatic N) is 1. The molecule has 37 heavy (non-hydrogen) atoms. The van der Waals surface area contributed by atoms with Crippen molar-refractivity contribution in [1.82, 2.24) is 10.6 Å². The summed E-state index contributed by atoms with van der Waals surface area (Å²) in [6.45, 7) is 4.12. The van der Waals surface area contributed by atoms with E-state index in [4.69, 9.17) is 0 Å². The standard InChI is InChI=1S/C26H31F4N3O3S/c1-5-6-20(16-31)32-24(34)22(15-25(2,3)27)33-23(26(28,29)30)19-9-7-17(8-10-19)18-11-13-21(14-12-18)37(4,35)36/h7-14,20,22-23,33H,5-6,15H2,1-4H3,(H,32,34)/t20?,22-,23-/m0/s1. The van der Waals surface area contributed by atoms with Crippen LogP contribution in [-0.4, -0.2) is 44.5 Å². The number of rotatable bonds is 11. The minimum atomic E-state index is -4.81. The van der Waals surface area contributed by atoms with E-state index >= 15 is 0 Å². The molecule has 6 nitrogen and oxygen atoms in total. The summed E-state index contributed by atoms with van der Waals surface area (Å²) in [7, 11) is -3.39. The van der Waals surface area contributed by atoms with Gasteiger partial charge in [0.2, 0.25) is 5.91 Å². The first-order valence-corrected chi connectivity index (χ1v) is 13.6. The van der Waals surface area contributed by atoms with E-state index in [1.807, 2.05) is 6.07 Å². The number of benzene rings is 2. The lowest BCUT2D eigenvalue weighted by Gasteiger charge is -2.30. The summed E-state index contributed by atoms with van der Waals surface area (Å²) in [5.74, 6) is -0.887. The maximum Gasteiger partial charge on any atom is 0.407 e. The Labute approximate surface area is 215 Å². The summed E-state index contributed by atoms with van der Waals surface area (Å²) in [6, 6.07) is 8.48. The second kappa shape index (κ2) is 12.0. The van der Waals surface area contributed by atoms with E-state index in [9.17, 15) is 36.0 Å². The van der Waals surface area contributed by atoms with Crippen LogP contribution in [0.5, 0.6) is 0 Å². The van der Waals surface area contributed by atoms with Gasteiger partial charge >= 0.3 is 6.18 Å². The summed E-state index contributed by atoms with van der Waals surface area (Å²) in [6.07, 6.45) is -3.40. The van der Waals surface area contributed by atoms with Crippen LogP contribution >= 0.6 is 0 Å². The molecule has 0 spiro atoms. The molecule has 1 unspecified atom stereocenters. The summed E-state index contributed by atoms with van der Waals surface area (Å²) < 4.78 is 80.0. The summed E-state index contributed by atoms with van der Waals surface area (Å²) in [5, 5.41) is 13.9. The van der Waals surface area contributed by atoms with Gasteiger partial charge in [0.15, 0.2) is 9.84 Å². The van der Waals surface area contributed by atoms with Gasteiger partial charge in [-0.15, -0.1) is 0 Å². The van der Waals surface area contributed by atoms with Gasteiger partial charge in [-0.1, -0.05) is 49.7 Å². The van der Waals surface area contributed by atoms with E-state index < -0.39 is 52.1 Å². The fraction of sp³-hybridized carbons (Fsp3) is 0.462. The van der Waals surface area contributed by atoms with E-state index in [-0.39, 0.29) is 10.5 Å². The summed E-state index contributed by atoms with van der Waals surface area (Å²) in [4.78, 5) is 12.9. The van der Waals surface area contributed by atoms with Crippen molar-refractivity contribution in [1.29, 1.82) is 5.26 Å². The molecule has 0 bridgehead atoms. The molecule has 0 saturated heterocycles. The number of nitrogens with one attached hydrogen (secondary N) is 2. The Morgan fingerprint density at radius 3 is 1.92 bits per heavy atom. The molecule has 0 aliphatic rings. The zero-order valence-corrected chi connectivity index (χ0v) is 21.9. The van der Waals surface area contributed by atoms with Gasteiger partial charge in [0.1, 0.15) is 17.8 Å². The SMILES string of the molecule is CCCC(C#N)NC(=O)[C@H](CC(C)(C)F)N[C@@H](c1ccc(-c2ccc(S(C)(=O)=O)cc2)cc1)C(F)(F)F. The van der Waals surface area contributed by atoms with Gasteiger partial charge in [-0.3, -0.25) is 10.1 Å². The number of alkyl halides is 4. The molecule has 0 aliphatic carbocycles. The molecule has 0 aromatic heterocycles. The predicted molar refractivity (Wildman–Crippen MR) is 133 cm³/mol. The summed E-state index contributed by atoms with van der Waals surface area (Å²) >= 11 is 0. The van der Waals surface area contributed by atoms with Crippen LogP contribution in [0, 0.1) is 11.3 Å². The Morgan fingerprint density at radius 1 is 1.00 bits per heavy atom. The van der Waals surface area contributed by atoms with Crippen LogP contribution in [0.2, 0.25) is 0 Å². The lowest BCUT2D eigenvalue weighted by molar-refractivity contribution is -0.161. The van der Waals surface area contributed by atoms with Gasteiger partial charge in [0.05, 0.1) is 17.0 Å². The van der Waals surface area contributed by atoms with Crippen LogP contribution in [0.1, 0.15) is 51.6 Å². The first-order valence-electron chi connectivity index (χ1n) is 11.7. The number of carbonyl (C=O) groups is 1. The topological polar surface area (TPSA) is 99.1 Å². The van der Waals surface area contributed by atoms with Gasteiger partial charge in [-0.2, -0.15) is 18.4 Å². The number of amides is 1. The van der Waals surface area contributed by atoms with Crippen molar-refractivity contribution in [3.05, 3.63) is 54.1 Å². The molecular weight excluding hydrogens is 510 g/mol. The van der Waals surface area contributed by atoms with Crippen molar-refractivity contribution in [2.45, 2.75) is 74.9 Å². The molecule has 0 aliphatic heterocycles. The third-order valence-corrected chi connectivity index (χ3v) is 6.74. The minimum absolute atomic E-state index is 0.117. The lowest BCUT2D eigenvalue weighted by Crippen LogP contribution is -2.52. The van der Waals surface area contributed by atoms with Gasteiger partial charge in [0, 0.05) is 12.7 Å². The van der Waals surface area contributed by atoms with Crippen molar-refractivity contribution in [2.24, 2.45) is 0 Å². The average molecular weight is 542 g/mol. The quantitative estimate of drug-likeness (QED) is 0.378. The fourth-order valence-electron chi connectivity index (χ4n) is 3.79. The molecule has 11 heteroatoms. The van der Waals surface area contributed by atoms with Crippen LogP contribution in [0.15, 0.2) is 53.4 Å². The Balaban J connectivity index is 2.35. The highest BCUT2D eigenvalue weighted by Gasteiger charge is 2.44. The molecular formula is C26H31F4N3O3S. The van der Waals surface area contributed by atoms with Gasteiger partial charge in [-0.05, 0) is 49.1 Å². The van der Waals surface area contributed by atoms with Crippen molar-refractivity contribution >= 4 is 15.7 Å². The van der Waals surface area contributed by atoms with E-state index in [0.29, 0.717) is 24.0 Å². The van der Waals surface area contributed by atoms with Crippen LogP contribution in [0.4, 0.5) is 17.6 Å². The van der Waals surface area contributed by atoms with Crippen molar-refractivity contribution in [3.8, 4) is 17.2 Å². The third kappa shape index (κ3) is 9.13. The van der Waals surface area contributed by atoms with Gasteiger partial charge in [0.25, 0.3) is 0 Å². The maximum atomic E-state index is 14.5. The van der Waals surface area contributed by atoms with Crippen LogP contribution in [0.3, 0.4) is 0 Å². The molecule has 0 fully saturated rings. The third-order valence-electron chi connectivity index (χ3n) is 5.61. The largest absolute Gasteiger partial charge is 0.407 e. The Kier molecular flexibility index (Phi) is 9.85. The number of hydrogen-bond donors (Lipinski definition) is 2. The number of nitriles is 1. The van der Waals surface area contributed by atoms with Gasteiger partial charge < -0.3 is 5.32 Å². The molecule has 2 rings (SSSR count). The van der Waals surface area contributed by atoms with Crippen LogP contribution in [-0.2, 0) is 14.6 Å². The smallest absolute Gasteiger partial charge is 0.339 e. The van der Waals surface area contributed by atoms with Crippen molar-refractivity contribution in [3.63, 3.8) is 0 Å². The molecule has 2 aromatic rings. The van der Waals surface area contributed by atoms with Gasteiger partial charge in [-0.25, -0.2) is 12.8 Å². The van der Waals surface area contributed by atoms with E-state index in [2.05, 4.69) is 10.6 Å². The molecule has 3 atom stereocenters. The van der Waals surface area contributed by atoms with Crippen molar-refractivity contribution in [2.75, 3.05) is 6.26 Å². The first kappa shape index (κ1) is 30.3. The van der Waals surface area contributed by atoms with E-state index in [1.165, 1.54) is 36.4 Å². The Morgan fingerprint density at radius 2 is 1.51 bits per heavy atom. The summed E-state index contributed by atoms with van der Waals surface area (Å²) in [5.41, 5.74) is -0.991. The fourth-order valence-corrected chi connectivity index (χ4v) is 4.42. The maximum absolute atomic E-state index is 14.5. The molecule has 2 N–H and O–H groups in total. The highest BCUT2D eigenvalue weighted by molar-refractivity contribution is 7.90. The molecule has 0 heterocycles. The molecule has 0 radical (unpaired) electrons. The molecule has 2 aromatic carbocycles. The molecule has 0 saturated carbocycles. The highest BCUT2D eigenvalue weighted by Crippen LogP contribution is 2.35. The predicted octanol–water partition coefficient (Wildman–Crippen LogP) is 5.27. The van der Waals surface area contributed by atoms with E-state index in [0.717, 1.165) is 20.1 Å². The number of hydrogen-bond acceptors (Lipinski definition) is 5. The van der Waals surface area contributed by atoms with Crippen LogP contribution < -0.4 is 10.6 Å². The molecule has 1 amide bonds. The highest BCUT2D eigenvalue weighted by atomic mass is 32.2. The second-order valence-corrected chi connectivity index (χ2v) is 11.5. The monoisotopic (exact) mass is 541 g/mol. The number of halogens is 4. The van der Waals surface area contributed by atoms with Crippen molar-refractivity contribution < 1.29 is 30.8 Å². The Bertz CT molecular complexity index is 1200. The first-order chi connectivity index (χ1) is 17.0. The zero-order valence-electron chi connectivity index (χ0n) is 21.1. The normalized spacial score (nSPS) is 14.9. The molecule has 202 valence electrons. The van der Waals surface area contributed by atoms with Crippen LogP contribution in [0.25, 0.3) is 11.1 Å². The van der Waals surface area contributed by atoms with E-state index in [1.54, 1.807) is 19.1 Å². The second-order valence-electron chi connectivity index (χ2n) is 9.51. The number of sulfone groups is 1.